The van der Waals surface area contributed by atoms with Crippen molar-refractivity contribution in [3.05, 3.63) is 42.3 Å². The van der Waals surface area contributed by atoms with Crippen molar-refractivity contribution in [1.82, 2.24) is 5.32 Å². The fourth-order valence-corrected chi connectivity index (χ4v) is 1.05. The molecule has 0 saturated carbocycles. The van der Waals surface area contributed by atoms with E-state index in [1.165, 1.54) is 11.1 Å². The second-order valence-electron chi connectivity index (χ2n) is 2.67. The number of hydrogen-bond acceptors (Lipinski definition) is 1. The summed E-state index contributed by atoms with van der Waals surface area (Å²) < 4.78 is 0. The Labute approximate surface area is 68.4 Å². The van der Waals surface area contributed by atoms with Crippen LogP contribution in [0, 0.1) is 13.8 Å². The molecule has 0 aliphatic rings. The molecule has 59 valence electrons. The van der Waals surface area contributed by atoms with Crippen LogP contribution in [0.15, 0.2) is 24.3 Å². The Morgan fingerprint density at radius 2 is 2.27 bits per heavy atom. The fraction of sp³-hybridized carbons (Fsp3) is 0.300. The molecule has 1 aromatic carbocycles. The van der Waals surface area contributed by atoms with Gasteiger partial charge in [0.05, 0.1) is 0 Å². The first kappa shape index (κ1) is 8.28. The Kier molecular flexibility index (Phi) is 3.12. The molecule has 0 bridgehead atoms. The second kappa shape index (κ2) is 4.14. The van der Waals surface area contributed by atoms with Gasteiger partial charge in [0.1, 0.15) is 0 Å². The van der Waals surface area contributed by atoms with E-state index in [4.69, 9.17) is 0 Å². The highest BCUT2D eigenvalue weighted by Crippen LogP contribution is 2.02. The van der Waals surface area contributed by atoms with Crippen LogP contribution in [0.1, 0.15) is 11.1 Å². The molecule has 1 nitrogen and oxygen atoms in total. The summed E-state index contributed by atoms with van der Waals surface area (Å²) in [6, 6.07) is 8.49. The van der Waals surface area contributed by atoms with Crippen molar-refractivity contribution in [3.8, 4) is 0 Å². The van der Waals surface area contributed by atoms with Crippen molar-refractivity contribution in [1.29, 1.82) is 0 Å². The third-order valence-corrected chi connectivity index (χ3v) is 1.59. The molecule has 0 aromatic heterocycles. The normalized spacial score (nSPS) is 10.0. The number of rotatable bonds is 3. The van der Waals surface area contributed by atoms with Crippen LogP contribution in [-0.2, 0) is 6.54 Å². The van der Waals surface area contributed by atoms with Gasteiger partial charge < -0.3 is 5.32 Å². The highest BCUT2D eigenvalue weighted by Gasteiger charge is 1.89. The topological polar surface area (TPSA) is 12.0 Å². The van der Waals surface area contributed by atoms with Gasteiger partial charge in [0.25, 0.3) is 0 Å². The van der Waals surface area contributed by atoms with E-state index < -0.39 is 0 Å². The summed E-state index contributed by atoms with van der Waals surface area (Å²) in [5.41, 5.74) is 2.64. The van der Waals surface area contributed by atoms with E-state index in [0.29, 0.717) is 0 Å². The Bertz CT molecular complexity index is 218. The van der Waals surface area contributed by atoms with Crippen molar-refractivity contribution < 1.29 is 0 Å². The third kappa shape index (κ3) is 2.72. The van der Waals surface area contributed by atoms with Gasteiger partial charge in [-0.25, -0.2) is 0 Å². The first-order valence-electron chi connectivity index (χ1n) is 3.88. The van der Waals surface area contributed by atoms with Crippen LogP contribution in [-0.4, -0.2) is 6.54 Å². The molecule has 0 heterocycles. The van der Waals surface area contributed by atoms with Gasteiger partial charge in [0, 0.05) is 6.54 Å². The summed E-state index contributed by atoms with van der Waals surface area (Å²) in [5, 5.41) is 3.18. The number of benzene rings is 1. The maximum Gasteiger partial charge on any atom is 0.0205 e. The van der Waals surface area contributed by atoms with E-state index in [9.17, 15) is 0 Å². The lowest BCUT2D eigenvalue weighted by Gasteiger charge is -2.01. The molecule has 0 fully saturated rings. The standard InChI is InChI=1S/C10H14N/c1-3-11-8-10-6-4-5-9(2)7-10/h4-7,11H,1,3,8H2,2H3. The molecule has 11 heavy (non-hydrogen) atoms. The van der Waals surface area contributed by atoms with Crippen LogP contribution in [0.2, 0.25) is 0 Å². The Morgan fingerprint density at radius 1 is 1.45 bits per heavy atom. The van der Waals surface area contributed by atoms with Crippen LogP contribution in [0.4, 0.5) is 0 Å². The van der Waals surface area contributed by atoms with Gasteiger partial charge in [0.15, 0.2) is 0 Å². The maximum absolute atomic E-state index is 3.71. The molecule has 0 aliphatic carbocycles. The van der Waals surface area contributed by atoms with Crippen molar-refractivity contribution in [3.63, 3.8) is 0 Å². The van der Waals surface area contributed by atoms with Crippen LogP contribution >= 0.6 is 0 Å². The van der Waals surface area contributed by atoms with E-state index in [0.717, 1.165) is 13.1 Å². The van der Waals surface area contributed by atoms with Gasteiger partial charge in [0.2, 0.25) is 0 Å². The summed E-state index contributed by atoms with van der Waals surface area (Å²) in [4.78, 5) is 0. The summed E-state index contributed by atoms with van der Waals surface area (Å²) in [6.07, 6.45) is 0. The summed E-state index contributed by atoms with van der Waals surface area (Å²) in [6.45, 7) is 7.52. The number of hydrogen-bond donors (Lipinski definition) is 1. The predicted molar refractivity (Wildman–Crippen MR) is 48.2 cm³/mol. The van der Waals surface area contributed by atoms with Crippen molar-refractivity contribution in [2.45, 2.75) is 13.5 Å². The minimum absolute atomic E-state index is 0.786. The van der Waals surface area contributed by atoms with E-state index in [-0.39, 0.29) is 0 Å². The molecule has 1 aromatic rings. The van der Waals surface area contributed by atoms with E-state index in [1.54, 1.807) is 0 Å². The van der Waals surface area contributed by atoms with E-state index in [2.05, 4.69) is 43.4 Å². The average molecular weight is 148 g/mol. The van der Waals surface area contributed by atoms with Crippen molar-refractivity contribution in [2.75, 3.05) is 6.54 Å². The molecular weight excluding hydrogens is 134 g/mol. The lowest BCUT2D eigenvalue weighted by molar-refractivity contribution is 0.757. The average Bonchev–Trinajstić information content (AvgIpc) is 2.01. The summed E-state index contributed by atoms with van der Waals surface area (Å²) >= 11 is 0. The van der Waals surface area contributed by atoms with Crippen LogP contribution in [0.3, 0.4) is 0 Å². The maximum atomic E-state index is 3.71. The minimum atomic E-state index is 0.786. The summed E-state index contributed by atoms with van der Waals surface area (Å²) in [5.74, 6) is 0. The molecule has 0 spiro atoms. The second-order valence-corrected chi connectivity index (χ2v) is 2.67. The highest BCUT2D eigenvalue weighted by atomic mass is 14.8. The largest absolute Gasteiger partial charge is 0.313 e. The number of nitrogens with one attached hydrogen (secondary N) is 1. The Balaban J connectivity index is 2.56. The quantitative estimate of drug-likeness (QED) is 0.690. The molecule has 0 unspecified atom stereocenters. The minimum Gasteiger partial charge on any atom is -0.313 e. The first-order chi connectivity index (χ1) is 5.33. The first-order valence-corrected chi connectivity index (χ1v) is 3.88. The Hall–Kier alpha value is -0.820. The van der Waals surface area contributed by atoms with Crippen molar-refractivity contribution in [2.24, 2.45) is 0 Å². The van der Waals surface area contributed by atoms with Crippen LogP contribution < -0.4 is 5.32 Å². The van der Waals surface area contributed by atoms with Gasteiger partial charge in [-0.15, -0.1) is 0 Å². The van der Waals surface area contributed by atoms with E-state index in [1.807, 2.05) is 0 Å². The molecule has 0 amide bonds. The molecule has 1 N–H and O–H groups in total. The van der Waals surface area contributed by atoms with Gasteiger partial charge >= 0.3 is 0 Å². The molecule has 1 rings (SSSR count). The predicted octanol–water partition coefficient (Wildman–Crippen LogP) is 1.92. The van der Waals surface area contributed by atoms with E-state index >= 15 is 0 Å². The molecule has 1 radical (unpaired) electrons. The monoisotopic (exact) mass is 148 g/mol. The summed E-state index contributed by atoms with van der Waals surface area (Å²) in [7, 11) is 0. The molecule has 0 saturated heterocycles. The lowest BCUT2D eigenvalue weighted by atomic mass is 10.1. The molecule has 0 atom stereocenters. The zero-order valence-electron chi connectivity index (χ0n) is 6.93. The third-order valence-electron chi connectivity index (χ3n) is 1.59. The smallest absolute Gasteiger partial charge is 0.0205 e. The van der Waals surface area contributed by atoms with Gasteiger partial charge in [-0.2, -0.15) is 0 Å². The zero-order chi connectivity index (χ0) is 8.10. The molecular formula is C10H14N. The van der Waals surface area contributed by atoms with Gasteiger partial charge in [-0.05, 0) is 26.0 Å². The molecule has 1 heteroatoms. The highest BCUT2D eigenvalue weighted by molar-refractivity contribution is 5.21. The number of aryl methyl sites for hydroxylation is 1. The SMILES string of the molecule is [CH2]CNCc1cccc(C)c1. The van der Waals surface area contributed by atoms with Gasteiger partial charge in [-0.1, -0.05) is 29.8 Å². The Morgan fingerprint density at radius 3 is 2.91 bits per heavy atom. The van der Waals surface area contributed by atoms with Crippen LogP contribution in [0.5, 0.6) is 0 Å². The lowest BCUT2D eigenvalue weighted by Crippen LogP contribution is -2.11. The van der Waals surface area contributed by atoms with Crippen molar-refractivity contribution >= 4 is 0 Å². The van der Waals surface area contributed by atoms with Crippen LogP contribution in [0.25, 0.3) is 0 Å². The van der Waals surface area contributed by atoms with Gasteiger partial charge in [-0.3, -0.25) is 0 Å². The molecule has 0 aliphatic heterocycles. The fourth-order valence-electron chi connectivity index (χ4n) is 1.05. The zero-order valence-corrected chi connectivity index (χ0v) is 6.93.